The standard InChI is InChI=1S/C13H20ClN3O/c1-10-3-5-13(8-14,6-4-10)16-12(18)11-7-15-9-17(11)2/h7,9-10H,3-6,8H2,1-2H3,(H,16,18). The van der Waals surface area contributed by atoms with Gasteiger partial charge in [-0.3, -0.25) is 4.79 Å². The van der Waals surface area contributed by atoms with Crippen LogP contribution in [0.4, 0.5) is 0 Å². The molecule has 1 heterocycles. The molecule has 100 valence electrons. The number of imidazole rings is 1. The molecule has 1 aliphatic carbocycles. The van der Waals surface area contributed by atoms with Gasteiger partial charge in [0.2, 0.25) is 0 Å². The number of carbonyl (C=O) groups is 1. The molecule has 0 spiro atoms. The topological polar surface area (TPSA) is 46.9 Å². The number of hydrogen-bond acceptors (Lipinski definition) is 2. The van der Waals surface area contributed by atoms with Gasteiger partial charge < -0.3 is 9.88 Å². The summed E-state index contributed by atoms with van der Waals surface area (Å²) in [6.07, 6.45) is 7.38. The van der Waals surface area contributed by atoms with E-state index in [1.165, 1.54) is 0 Å². The second-order valence-electron chi connectivity index (χ2n) is 5.44. The van der Waals surface area contributed by atoms with Crippen molar-refractivity contribution in [3.05, 3.63) is 18.2 Å². The summed E-state index contributed by atoms with van der Waals surface area (Å²) in [5.74, 6) is 1.13. The molecule has 0 bridgehead atoms. The SMILES string of the molecule is CC1CCC(CCl)(NC(=O)c2cncn2C)CC1. The quantitative estimate of drug-likeness (QED) is 0.856. The Bertz CT molecular complexity index is 422. The summed E-state index contributed by atoms with van der Waals surface area (Å²) in [4.78, 5) is 16.2. The first-order chi connectivity index (χ1) is 8.56. The third-order valence-corrected chi connectivity index (χ3v) is 4.43. The van der Waals surface area contributed by atoms with Crippen LogP contribution in [0.2, 0.25) is 0 Å². The van der Waals surface area contributed by atoms with Crippen molar-refractivity contribution in [3.63, 3.8) is 0 Å². The van der Waals surface area contributed by atoms with Gasteiger partial charge in [0.05, 0.1) is 18.1 Å². The number of aryl methyl sites for hydroxylation is 1. The number of carbonyl (C=O) groups excluding carboxylic acids is 1. The van der Waals surface area contributed by atoms with Crippen LogP contribution < -0.4 is 5.32 Å². The molecule has 1 aromatic rings. The van der Waals surface area contributed by atoms with E-state index in [4.69, 9.17) is 11.6 Å². The van der Waals surface area contributed by atoms with E-state index in [-0.39, 0.29) is 11.4 Å². The summed E-state index contributed by atoms with van der Waals surface area (Å²) < 4.78 is 1.72. The van der Waals surface area contributed by atoms with Gasteiger partial charge in [-0.1, -0.05) is 6.92 Å². The number of aromatic nitrogens is 2. The number of halogens is 1. The number of nitrogens with zero attached hydrogens (tertiary/aromatic N) is 2. The molecule has 0 atom stereocenters. The van der Waals surface area contributed by atoms with Crippen LogP contribution in [-0.2, 0) is 7.05 Å². The highest BCUT2D eigenvalue weighted by atomic mass is 35.5. The molecular formula is C13H20ClN3O. The van der Waals surface area contributed by atoms with E-state index >= 15 is 0 Å². The van der Waals surface area contributed by atoms with Gasteiger partial charge in [0.15, 0.2) is 0 Å². The van der Waals surface area contributed by atoms with E-state index in [1.54, 1.807) is 17.1 Å². The highest BCUT2D eigenvalue weighted by Gasteiger charge is 2.35. The van der Waals surface area contributed by atoms with Crippen molar-refractivity contribution < 1.29 is 4.79 Å². The van der Waals surface area contributed by atoms with Gasteiger partial charge in [-0.15, -0.1) is 11.6 Å². The van der Waals surface area contributed by atoms with Gasteiger partial charge in [-0.05, 0) is 31.6 Å². The molecule has 1 aromatic heterocycles. The first-order valence-corrected chi connectivity index (χ1v) is 6.94. The lowest BCUT2D eigenvalue weighted by Crippen LogP contribution is -2.52. The zero-order chi connectivity index (χ0) is 13.2. The van der Waals surface area contributed by atoms with Crippen molar-refractivity contribution in [2.75, 3.05) is 5.88 Å². The second kappa shape index (κ2) is 5.31. The third kappa shape index (κ3) is 2.69. The minimum absolute atomic E-state index is 0.0785. The normalized spacial score (nSPS) is 28.1. The van der Waals surface area contributed by atoms with Gasteiger partial charge in [-0.2, -0.15) is 0 Å². The van der Waals surface area contributed by atoms with E-state index in [1.807, 2.05) is 7.05 Å². The predicted molar refractivity (Wildman–Crippen MR) is 71.8 cm³/mol. The summed E-state index contributed by atoms with van der Waals surface area (Å²) in [6, 6.07) is 0. The van der Waals surface area contributed by atoms with Gasteiger partial charge in [0.25, 0.3) is 5.91 Å². The minimum Gasteiger partial charge on any atom is -0.344 e. The van der Waals surface area contributed by atoms with Crippen molar-refractivity contribution in [2.45, 2.75) is 38.1 Å². The largest absolute Gasteiger partial charge is 0.344 e. The highest BCUT2D eigenvalue weighted by molar-refractivity contribution is 6.19. The van der Waals surface area contributed by atoms with E-state index in [0.717, 1.165) is 31.6 Å². The third-order valence-electron chi connectivity index (χ3n) is 3.92. The molecular weight excluding hydrogens is 250 g/mol. The summed E-state index contributed by atoms with van der Waals surface area (Å²) in [6.45, 7) is 2.25. The summed E-state index contributed by atoms with van der Waals surface area (Å²) in [5, 5.41) is 3.11. The van der Waals surface area contributed by atoms with Crippen LogP contribution >= 0.6 is 11.6 Å². The molecule has 2 rings (SSSR count). The molecule has 4 nitrogen and oxygen atoms in total. The Morgan fingerprint density at radius 2 is 2.28 bits per heavy atom. The number of rotatable bonds is 3. The fourth-order valence-electron chi connectivity index (χ4n) is 2.49. The van der Waals surface area contributed by atoms with Crippen LogP contribution in [0.5, 0.6) is 0 Å². The Balaban J connectivity index is 2.07. The first-order valence-electron chi connectivity index (χ1n) is 6.41. The fraction of sp³-hybridized carbons (Fsp3) is 0.692. The van der Waals surface area contributed by atoms with Gasteiger partial charge >= 0.3 is 0 Å². The molecule has 18 heavy (non-hydrogen) atoms. The molecule has 1 saturated carbocycles. The van der Waals surface area contributed by atoms with Crippen LogP contribution in [0.25, 0.3) is 0 Å². The monoisotopic (exact) mass is 269 g/mol. The van der Waals surface area contributed by atoms with Gasteiger partial charge in [0.1, 0.15) is 5.69 Å². The van der Waals surface area contributed by atoms with Crippen LogP contribution in [0.3, 0.4) is 0 Å². The van der Waals surface area contributed by atoms with Crippen LogP contribution in [0.15, 0.2) is 12.5 Å². The Morgan fingerprint density at radius 3 is 2.78 bits per heavy atom. The molecule has 1 N–H and O–H groups in total. The highest BCUT2D eigenvalue weighted by Crippen LogP contribution is 2.33. The smallest absolute Gasteiger partial charge is 0.270 e. The molecule has 1 aliphatic rings. The van der Waals surface area contributed by atoms with E-state index in [0.29, 0.717) is 11.6 Å². The van der Waals surface area contributed by atoms with Crippen molar-refractivity contribution in [2.24, 2.45) is 13.0 Å². The lowest BCUT2D eigenvalue weighted by molar-refractivity contribution is 0.0864. The summed E-state index contributed by atoms with van der Waals surface area (Å²) in [5.41, 5.74) is 0.341. The molecule has 0 aromatic carbocycles. The molecule has 0 unspecified atom stereocenters. The molecule has 5 heteroatoms. The zero-order valence-electron chi connectivity index (χ0n) is 10.9. The maximum atomic E-state index is 12.2. The maximum absolute atomic E-state index is 12.2. The van der Waals surface area contributed by atoms with Crippen molar-refractivity contribution >= 4 is 17.5 Å². The van der Waals surface area contributed by atoms with Crippen molar-refractivity contribution in [1.29, 1.82) is 0 Å². The first kappa shape index (κ1) is 13.4. The average molecular weight is 270 g/mol. The Labute approximate surface area is 113 Å². The Kier molecular flexibility index (Phi) is 3.95. The van der Waals surface area contributed by atoms with Gasteiger partial charge in [-0.25, -0.2) is 4.98 Å². The molecule has 0 radical (unpaired) electrons. The fourth-order valence-corrected chi connectivity index (χ4v) is 2.82. The van der Waals surface area contributed by atoms with E-state index < -0.39 is 0 Å². The van der Waals surface area contributed by atoms with E-state index in [9.17, 15) is 4.79 Å². The number of alkyl halides is 1. The zero-order valence-corrected chi connectivity index (χ0v) is 11.7. The van der Waals surface area contributed by atoms with Crippen LogP contribution in [0, 0.1) is 5.92 Å². The number of nitrogens with one attached hydrogen (secondary N) is 1. The minimum atomic E-state index is -0.241. The van der Waals surface area contributed by atoms with Crippen LogP contribution in [0.1, 0.15) is 43.1 Å². The number of hydrogen-bond donors (Lipinski definition) is 1. The summed E-state index contributed by atoms with van der Waals surface area (Å²) in [7, 11) is 1.82. The molecule has 1 amide bonds. The predicted octanol–water partition coefficient (Wildman–Crippen LogP) is 2.34. The van der Waals surface area contributed by atoms with Crippen molar-refractivity contribution in [3.8, 4) is 0 Å². The van der Waals surface area contributed by atoms with Gasteiger partial charge in [0, 0.05) is 12.9 Å². The Morgan fingerprint density at radius 1 is 1.61 bits per heavy atom. The molecule has 1 fully saturated rings. The maximum Gasteiger partial charge on any atom is 0.270 e. The van der Waals surface area contributed by atoms with E-state index in [2.05, 4.69) is 17.2 Å². The lowest BCUT2D eigenvalue weighted by atomic mass is 9.78. The molecule has 0 aliphatic heterocycles. The molecule has 0 saturated heterocycles. The van der Waals surface area contributed by atoms with Crippen LogP contribution in [-0.4, -0.2) is 26.9 Å². The summed E-state index contributed by atoms with van der Waals surface area (Å²) >= 11 is 6.09. The lowest BCUT2D eigenvalue weighted by Gasteiger charge is -2.38. The average Bonchev–Trinajstić information content (AvgIpc) is 2.79. The Hall–Kier alpha value is -1.03. The van der Waals surface area contributed by atoms with Crippen molar-refractivity contribution in [1.82, 2.24) is 14.9 Å². The second-order valence-corrected chi connectivity index (χ2v) is 5.71. The number of amides is 1.